The second-order valence-corrected chi connectivity index (χ2v) is 6.41. The highest BCUT2D eigenvalue weighted by molar-refractivity contribution is 5.79. The van der Waals surface area contributed by atoms with Gasteiger partial charge in [0.15, 0.2) is 5.96 Å². The third kappa shape index (κ3) is 5.66. The monoisotopic (exact) mass is 353 g/mol. The van der Waals surface area contributed by atoms with Crippen molar-refractivity contribution in [3.8, 4) is 0 Å². The second-order valence-electron chi connectivity index (χ2n) is 6.41. The van der Waals surface area contributed by atoms with E-state index in [0.29, 0.717) is 32.1 Å². The summed E-state index contributed by atoms with van der Waals surface area (Å²) in [6, 6.07) is 4.64. The van der Waals surface area contributed by atoms with Crippen LogP contribution < -0.4 is 10.6 Å². The molecule has 25 heavy (non-hydrogen) atoms. The van der Waals surface area contributed by atoms with E-state index < -0.39 is 5.82 Å². The van der Waals surface area contributed by atoms with Crippen LogP contribution in [-0.2, 0) is 17.9 Å². The molecule has 0 amide bonds. The lowest BCUT2D eigenvalue weighted by Gasteiger charge is -2.27. The lowest BCUT2D eigenvalue weighted by atomic mass is 9.84. The molecule has 1 aromatic carbocycles. The van der Waals surface area contributed by atoms with Crippen molar-refractivity contribution >= 4 is 5.96 Å². The molecule has 0 spiro atoms. The van der Waals surface area contributed by atoms with Crippen LogP contribution in [0.3, 0.4) is 0 Å². The molecule has 1 heterocycles. The largest absolute Gasteiger partial charge is 0.396 e. The Morgan fingerprint density at radius 1 is 1.36 bits per heavy atom. The molecule has 140 valence electrons. The Morgan fingerprint density at radius 3 is 2.84 bits per heavy atom. The van der Waals surface area contributed by atoms with E-state index in [-0.39, 0.29) is 24.2 Å². The number of halogens is 1. The lowest BCUT2D eigenvalue weighted by Crippen LogP contribution is -2.44. The fourth-order valence-corrected chi connectivity index (χ4v) is 2.94. The van der Waals surface area contributed by atoms with Gasteiger partial charge in [0.1, 0.15) is 5.82 Å². The summed E-state index contributed by atoms with van der Waals surface area (Å²) in [6.45, 7) is 4.93. The highest BCUT2D eigenvalue weighted by Gasteiger charge is 2.34. The fourth-order valence-electron chi connectivity index (χ4n) is 2.94. The van der Waals surface area contributed by atoms with Crippen molar-refractivity contribution in [2.45, 2.75) is 32.9 Å². The predicted octanol–water partition coefficient (Wildman–Crippen LogP) is 1.16. The van der Waals surface area contributed by atoms with Crippen molar-refractivity contribution < 1.29 is 19.3 Å². The molecule has 1 atom stereocenters. The molecule has 1 saturated heterocycles. The molecule has 1 unspecified atom stereocenters. The van der Waals surface area contributed by atoms with Gasteiger partial charge in [-0.2, -0.15) is 0 Å². The van der Waals surface area contributed by atoms with Gasteiger partial charge in [0, 0.05) is 37.3 Å². The summed E-state index contributed by atoms with van der Waals surface area (Å²) >= 11 is 0. The molecule has 1 aromatic rings. The molecular formula is C18H28FN3O3. The van der Waals surface area contributed by atoms with E-state index >= 15 is 0 Å². The number of aliphatic hydroxyl groups excluding tert-OH is 2. The van der Waals surface area contributed by atoms with Crippen molar-refractivity contribution in [2.24, 2.45) is 10.4 Å². The SMILES string of the molecule is CCNC(=NCc1ccc(F)c(CO)c1)NCC1(CCO)CCOC1. The molecule has 0 bridgehead atoms. The molecule has 7 heteroatoms. The van der Waals surface area contributed by atoms with Gasteiger partial charge in [0.05, 0.1) is 19.8 Å². The van der Waals surface area contributed by atoms with Gasteiger partial charge >= 0.3 is 0 Å². The Hall–Kier alpha value is -1.70. The fraction of sp³-hybridized carbons (Fsp3) is 0.611. The maximum atomic E-state index is 13.4. The number of hydrogen-bond donors (Lipinski definition) is 4. The first-order chi connectivity index (χ1) is 12.1. The Labute approximate surface area is 148 Å². The number of rotatable bonds is 8. The number of aliphatic imine (C=N–C) groups is 1. The third-order valence-electron chi connectivity index (χ3n) is 4.50. The van der Waals surface area contributed by atoms with E-state index in [1.807, 2.05) is 6.92 Å². The van der Waals surface area contributed by atoms with Gasteiger partial charge in [-0.25, -0.2) is 9.38 Å². The second kappa shape index (κ2) is 9.70. The standard InChI is InChI=1S/C18H28FN3O3/c1-2-20-17(22-12-18(5-7-23)6-8-25-13-18)21-10-14-3-4-16(19)15(9-14)11-24/h3-4,9,23-24H,2,5-8,10-13H2,1H3,(H2,20,21,22). The quantitative estimate of drug-likeness (QED) is 0.416. The Bertz CT molecular complexity index is 575. The summed E-state index contributed by atoms with van der Waals surface area (Å²) in [7, 11) is 0. The number of nitrogens with one attached hydrogen (secondary N) is 2. The van der Waals surface area contributed by atoms with Gasteiger partial charge in [0.25, 0.3) is 0 Å². The van der Waals surface area contributed by atoms with Gasteiger partial charge in [-0.3, -0.25) is 0 Å². The van der Waals surface area contributed by atoms with Crippen LogP contribution in [0, 0.1) is 11.2 Å². The normalized spacial score (nSPS) is 20.7. The molecule has 0 radical (unpaired) electrons. The molecule has 1 aliphatic rings. The summed E-state index contributed by atoms with van der Waals surface area (Å²) in [6.07, 6.45) is 1.61. The van der Waals surface area contributed by atoms with Crippen molar-refractivity contribution in [3.05, 3.63) is 35.1 Å². The number of ether oxygens (including phenoxy) is 1. The topological polar surface area (TPSA) is 86.1 Å². The van der Waals surface area contributed by atoms with Crippen LogP contribution in [0.1, 0.15) is 30.9 Å². The maximum absolute atomic E-state index is 13.4. The van der Waals surface area contributed by atoms with E-state index in [0.717, 1.165) is 25.1 Å². The molecule has 0 saturated carbocycles. The molecule has 0 aromatic heterocycles. The van der Waals surface area contributed by atoms with Gasteiger partial charge in [-0.05, 0) is 37.5 Å². The molecule has 2 rings (SSSR count). The number of guanidine groups is 1. The van der Waals surface area contributed by atoms with Crippen molar-refractivity contribution in [1.29, 1.82) is 0 Å². The first-order valence-electron chi connectivity index (χ1n) is 8.71. The summed E-state index contributed by atoms with van der Waals surface area (Å²) < 4.78 is 18.9. The van der Waals surface area contributed by atoms with Gasteiger partial charge in [-0.1, -0.05) is 6.07 Å². The van der Waals surface area contributed by atoms with E-state index in [2.05, 4.69) is 15.6 Å². The smallest absolute Gasteiger partial charge is 0.191 e. The average molecular weight is 353 g/mol. The minimum atomic E-state index is -0.410. The molecule has 1 aliphatic heterocycles. The first kappa shape index (κ1) is 19.6. The average Bonchev–Trinajstić information content (AvgIpc) is 3.07. The van der Waals surface area contributed by atoms with Crippen molar-refractivity contribution in [1.82, 2.24) is 10.6 Å². The molecule has 4 N–H and O–H groups in total. The zero-order valence-electron chi connectivity index (χ0n) is 14.7. The lowest BCUT2D eigenvalue weighted by molar-refractivity contribution is 0.127. The number of aliphatic hydroxyl groups is 2. The summed E-state index contributed by atoms with van der Waals surface area (Å²) in [4.78, 5) is 4.53. The zero-order valence-corrected chi connectivity index (χ0v) is 14.7. The van der Waals surface area contributed by atoms with Crippen molar-refractivity contribution in [2.75, 3.05) is 32.9 Å². The minimum Gasteiger partial charge on any atom is -0.396 e. The predicted molar refractivity (Wildman–Crippen MR) is 94.7 cm³/mol. The third-order valence-corrected chi connectivity index (χ3v) is 4.50. The molecular weight excluding hydrogens is 325 g/mol. The van der Waals surface area contributed by atoms with Crippen LogP contribution in [0.4, 0.5) is 4.39 Å². The molecule has 1 fully saturated rings. The van der Waals surface area contributed by atoms with Gasteiger partial charge < -0.3 is 25.6 Å². The molecule has 0 aliphatic carbocycles. The van der Waals surface area contributed by atoms with Crippen LogP contribution in [-0.4, -0.2) is 49.1 Å². The van der Waals surface area contributed by atoms with Crippen LogP contribution in [0.2, 0.25) is 0 Å². The molecule has 6 nitrogen and oxygen atoms in total. The van der Waals surface area contributed by atoms with Crippen molar-refractivity contribution in [3.63, 3.8) is 0 Å². The highest BCUT2D eigenvalue weighted by Crippen LogP contribution is 2.31. The number of nitrogens with zero attached hydrogens (tertiary/aromatic N) is 1. The highest BCUT2D eigenvalue weighted by atomic mass is 19.1. The summed E-state index contributed by atoms with van der Waals surface area (Å²) in [5.41, 5.74) is 1.04. The van der Waals surface area contributed by atoms with Crippen LogP contribution in [0.15, 0.2) is 23.2 Å². The Kier molecular flexibility index (Phi) is 7.61. The number of benzene rings is 1. The zero-order chi connectivity index (χ0) is 18.1. The maximum Gasteiger partial charge on any atom is 0.191 e. The van der Waals surface area contributed by atoms with E-state index in [1.54, 1.807) is 12.1 Å². The van der Waals surface area contributed by atoms with Gasteiger partial charge in [-0.15, -0.1) is 0 Å². The van der Waals surface area contributed by atoms with E-state index in [4.69, 9.17) is 9.84 Å². The minimum absolute atomic E-state index is 0.0646. The van der Waals surface area contributed by atoms with Crippen LogP contribution in [0.25, 0.3) is 0 Å². The van der Waals surface area contributed by atoms with E-state index in [1.165, 1.54) is 6.07 Å². The van der Waals surface area contributed by atoms with Crippen LogP contribution in [0.5, 0.6) is 0 Å². The Balaban J connectivity index is 2.00. The van der Waals surface area contributed by atoms with Gasteiger partial charge in [0.2, 0.25) is 0 Å². The Morgan fingerprint density at radius 2 is 2.20 bits per heavy atom. The number of hydrogen-bond acceptors (Lipinski definition) is 4. The summed E-state index contributed by atoms with van der Waals surface area (Å²) in [5, 5.41) is 25.0. The van der Waals surface area contributed by atoms with Crippen LogP contribution >= 0.6 is 0 Å². The van der Waals surface area contributed by atoms with E-state index in [9.17, 15) is 9.50 Å². The first-order valence-corrected chi connectivity index (χ1v) is 8.71. The summed E-state index contributed by atoms with van der Waals surface area (Å²) in [5.74, 6) is 0.258.